The maximum atomic E-state index is 12.4. The van der Waals surface area contributed by atoms with Crippen LogP contribution in [0.25, 0.3) is 0 Å². The molecule has 1 rings (SSSR count). The summed E-state index contributed by atoms with van der Waals surface area (Å²) in [5.41, 5.74) is 5.46. The third kappa shape index (κ3) is 3.26. The van der Waals surface area contributed by atoms with Crippen LogP contribution in [0.1, 0.15) is 46.5 Å². The van der Waals surface area contributed by atoms with Gasteiger partial charge in [0.25, 0.3) is 0 Å². The van der Waals surface area contributed by atoms with Gasteiger partial charge in [-0.2, -0.15) is 0 Å². The van der Waals surface area contributed by atoms with Crippen LogP contribution in [0.15, 0.2) is 0 Å². The first kappa shape index (κ1) is 16.0. The van der Waals surface area contributed by atoms with Gasteiger partial charge in [-0.25, -0.2) is 4.79 Å². The molecule has 0 heterocycles. The number of rotatable bonds is 5. The summed E-state index contributed by atoms with van der Waals surface area (Å²) in [6.07, 6.45) is 3.38. The molecule has 1 aliphatic rings. The van der Waals surface area contributed by atoms with Crippen LogP contribution in [0.5, 0.6) is 0 Å². The second-order valence-electron chi connectivity index (χ2n) is 5.78. The summed E-state index contributed by atoms with van der Waals surface area (Å²) in [7, 11) is 1.34. The molecule has 0 radical (unpaired) electrons. The third-order valence-electron chi connectivity index (χ3n) is 4.50. The number of hydrogen-bond donors (Lipinski definition) is 2. The van der Waals surface area contributed by atoms with Crippen molar-refractivity contribution >= 4 is 11.9 Å². The van der Waals surface area contributed by atoms with Crippen LogP contribution in [0.3, 0.4) is 0 Å². The normalized spacial score (nSPS) is 29.6. The molecule has 0 aliphatic heterocycles. The van der Waals surface area contributed by atoms with E-state index in [4.69, 9.17) is 10.5 Å². The summed E-state index contributed by atoms with van der Waals surface area (Å²) < 4.78 is 4.77. The van der Waals surface area contributed by atoms with Crippen molar-refractivity contribution < 1.29 is 14.3 Å². The summed E-state index contributed by atoms with van der Waals surface area (Å²) in [5.74, 6) is -0.483. The Bertz CT molecular complexity index is 346. The molecule has 4 atom stereocenters. The van der Waals surface area contributed by atoms with Gasteiger partial charge >= 0.3 is 5.97 Å². The fourth-order valence-corrected chi connectivity index (χ4v) is 2.58. The molecule has 19 heavy (non-hydrogen) atoms. The van der Waals surface area contributed by atoms with Crippen molar-refractivity contribution in [3.63, 3.8) is 0 Å². The van der Waals surface area contributed by atoms with Crippen molar-refractivity contribution in [2.45, 2.75) is 58.5 Å². The van der Waals surface area contributed by atoms with Crippen LogP contribution in [-0.2, 0) is 14.3 Å². The van der Waals surface area contributed by atoms with E-state index in [-0.39, 0.29) is 17.9 Å². The highest BCUT2D eigenvalue weighted by Crippen LogP contribution is 2.37. The highest BCUT2D eigenvalue weighted by Gasteiger charge is 2.44. The molecule has 1 aliphatic carbocycles. The quantitative estimate of drug-likeness (QED) is 0.736. The third-order valence-corrected chi connectivity index (χ3v) is 4.50. The van der Waals surface area contributed by atoms with Crippen LogP contribution in [0.4, 0.5) is 0 Å². The summed E-state index contributed by atoms with van der Waals surface area (Å²) in [6, 6.07) is -0.727. The van der Waals surface area contributed by atoms with Crippen LogP contribution in [0.2, 0.25) is 0 Å². The number of nitrogens with one attached hydrogen (secondary N) is 1. The van der Waals surface area contributed by atoms with Gasteiger partial charge in [0.1, 0.15) is 6.04 Å². The molecule has 0 aromatic heterocycles. The highest BCUT2D eigenvalue weighted by atomic mass is 16.5. The van der Waals surface area contributed by atoms with Gasteiger partial charge in [0.05, 0.1) is 12.5 Å². The maximum Gasteiger partial charge on any atom is 0.328 e. The Labute approximate surface area is 115 Å². The van der Waals surface area contributed by atoms with E-state index in [0.717, 1.165) is 25.7 Å². The number of amides is 1. The largest absolute Gasteiger partial charge is 0.467 e. The Morgan fingerprint density at radius 2 is 2.16 bits per heavy atom. The summed E-state index contributed by atoms with van der Waals surface area (Å²) in [6.45, 7) is 5.79. The van der Waals surface area contributed by atoms with Crippen molar-refractivity contribution in [2.24, 2.45) is 17.1 Å². The number of hydrogen-bond acceptors (Lipinski definition) is 4. The zero-order valence-electron chi connectivity index (χ0n) is 12.4. The van der Waals surface area contributed by atoms with Gasteiger partial charge in [0, 0.05) is 6.04 Å². The molecule has 3 N–H and O–H groups in total. The number of carbonyl (C=O) groups is 2. The average molecular weight is 270 g/mol. The van der Waals surface area contributed by atoms with E-state index in [1.165, 1.54) is 7.11 Å². The lowest BCUT2D eigenvalue weighted by Crippen LogP contribution is -2.54. The molecular formula is C14H26N2O3. The second-order valence-corrected chi connectivity index (χ2v) is 5.78. The number of ether oxygens (including phenoxy) is 1. The fourth-order valence-electron chi connectivity index (χ4n) is 2.58. The van der Waals surface area contributed by atoms with E-state index >= 15 is 0 Å². The van der Waals surface area contributed by atoms with E-state index in [0.29, 0.717) is 0 Å². The second kappa shape index (κ2) is 6.37. The van der Waals surface area contributed by atoms with E-state index in [1.54, 1.807) is 0 Å². The molecule has 1 fully saturated rings. The van der Waals surface area contributed by atoms with Crippen LogP contribution < -0.4 is 11.1 Å². The Hall–Kier alpha value is -1.10. The minimum Gasteiger partial charge on any atom is -0.467 e. The smallest absolute Gasteiger partial charge is 0.328 e. The molecule has 4 unspecified atom stereocenters. The lowest BCUT2D eigenvalue weighted by Gasteiger charge is -2.31. The van der Waals surface area contributed by atoms with E-state index in [2.05, 4.69) is 5.32 Å². The zero-order chi connectivity index (χ0) is 14.6. The zero-order valence-corrected chi connectivity index (χ0v) is 12.4. The minimum absolute atomic E-state index is 0.0395. The monoisotopic (exact) mass is 270 g/mol. The number of nitrogens with two attached hydrogens (primary N) is 1. The minimum atomic E-state index is -0.591. The summed E-state index contributed by atoms with van der Waals surface area (Å²) >= 11 is 0. The van der Waals surface area contributed by atoms with Crippen molar-refractivity contribution in [3.05, 3.63) is 0 Å². The van der Waals surface area contributed by atoms with Gasteiger partial charge < -0.3 is 15.8 Å². The lowest BCUT2D eigenvalue weighted by atomic mass is 9.83. The van der Waals surface area contributed by atoms with Crippen molar-refractivity contribution in [1.82, 2.24) is 5.32 Å². The van der Waals surface area contributed by atoms with E-state index in [9.17, 15) is 9.59 Å². The van der Waals surface area contributed by atoms with Crippen molar-refractivity contribution in [3.8, 4) is 0 Å². The Kier molecular flexibility index (Phi) is 5.35. The first-order chi connectivity index (χ1) is 8.86. The van der Waals surface area contributed by atoms with Crippen LogP contribution in [-0.4, -0.2) is 31.1 Å². The van der Waals surface area contributed by atoms with Crippen molar-refractivity contribution in [1.29, 1.82) is 0 Å². The molecule has 0 saturated heterocycles. The number of carbonyl (C=O) groups excluding carboxylic acids is 2. The molecule has 5 nitrogen and oxygen atoms in total. The Balaban J connectivity index is 2.79. The van der Waals surface area contributed by atoms with Gasteiger partial charge in [-0.3, -0.25) is 4.79 Å². The SMILES string of the molecule is CCC(C)C(NC(=O)C1(C)CCCC1N)C(=O)OC. The van der Waals surface area contributed by atoms with Crippen LogP contribution in [0, 0.1) is 11.3 Å². The van der Waals surface area contributed by atoms with E-state index < -0.39 is 17.4 Å². The topological polar surface area (TPSA) is 81.4 Å². The molecule has 0 aromatic carbocycles. The van der Waals surface area contributed by atoms with Gasteiger partial charge in [-0.15, -0.1) is 0 Å². The van der Waals surface area contributed by atoms with Gasteiger partial charge in [0.2, 0.25) is 5.91 Å². The first-order valence-corrected chi connectivity index (χ1v) is 7.01. The molecule has 0 aromatic rings. The Morgan fingerprint density at radius 1 is 1.53 bits per heavy atom. The van der Waals surface area contributed by atoms with Crippen LogP contribution >= 0.6 is 0 Å². The highest BCUT2D eigenvalue weighted by molar-refractivity contribution is 5.88. The summed E-state index contributed by atoms with van der Waals surface area (Å²) in [4.78, 5) is 24.2. The Morgan fingerprint density at radius 3 is 2.58 bits per heavy atom. The first-order valence-electron chi connectivity index (χ1n) is 7.01. The number of methoxy groups -OCH3 is 1. The average Bonchev–Trinajstić information content (AvgIpc) is 2.75. The molecule has 5 heteroatoms. The summed E-state index contributed by atoms with van der Waals surface area (Å²) in [5, 5.41) is 2.84. The number of esters is 1. The fraction of sp³-hybridized carbons (Fsp3) is 0.857. The molecule has 1 amide bonds. The molecule has 1 saturated carbocycles. The van der Waals surface area contributed by atoms with E-state index in [1.807, 2.05) is 20.8 Å². The van der Waals surface area contributed by atoms with Gasteiger partial charge in [0.15, 0.2) is 0 Å². The predicted octanol–water partition coefficient (Wildman–Crippen LogP) is 1.21. The van der Waals surface area contributed by atoms with Gasteiger partial charge in [-0.1, -0.05) is 26.7 Å². The van der Waals surface area contributed by atoms with Crippen molar-refractivity contribution in [2.75, 3.05) is 7.11 Å². The predicted molar refractivity (Wildman–Crippen MR) is 73.3 cm³/mol. The molecule has 0 bridgehead atoms. The standard InChI is InChI=1S/C14H26N2O3/c1-5-9(2)11(12(17)19-4)16-13(18)14(3)8-6-7-10(14)15/h9-11H,5-8,15H2,1-4H3,(H,16,18). The van der Waals surface area contributed by atoms with Gasteiger partial charge in [-0.05, 0) is 25.7 Å². The molecule has 0 spiro atoms. The molecule has 110 valence electrons. The maximum absolute atomic E-state index is 12.4. The lowest BCUT2D eigenvalue weighted by molar-refractivity contribution is -0.148. The molecular weight excluding hydrogens is 244 g/mol.